The SMILES string of the molecule is CCOc1ccccc1CN1CC(c2nc(-c3ccc(C(C)(C)C)cc3)no2)CC1=O. The lowest BCUT2D eigenvalue weighted by Gasteiger charge is -2.18. The van der Waals surface area contributed by atoms with Crippen LogP contribution in [0.1, 0.15) is 57.1 Å². The molecule has 2 aromatic carbocycles. The maximum absolute atomic E-state index is 12.6. The van der Waals surface area contributed by atoms with Gasteiger partial charge in [-0.05, 0) is 24.0 Å². The van der Waals surface area contributed by atoms with Crippen LogP contribution in [0, 0.1) is 0 Å². The Morgan fingerprint density at radius 1 is 1.13 bits per heavy atom. The third kappa shape index (κ3) is 4.63. The molecule has 6 heteroatoms. The second kappa shape index (κ2) is 8.53. The van der Waals surface area contributed by atoms with Gasteiger partial charge in [0.15, 0.2) is 0 Å². The molecule has 31 heavy (non-hydrogen) atoms. The van der Waals surface area contributed by atoms with Gasteiger partial charge in [0.25, 0.3) is 0 Å². The summed E-state index contributed by atoms with van der Waals surface area (Å²) < 4.78 is 11.2. The zero-order chi connectivity index (χ0) is 22.0. The van der Waals surface area contributed by atoms with Crippen LogP contribution in [-0.2, 0) is 16.8 Å². The number of aromatic nitrogens is 2. The molecular weight excluding hydrogens is 390 g/mol. The molecule has 4 rings (SSSR count). The van der Waals surface area contributed by atoms with E-state index in [1.54, 1.807) is 0 Å². The van der Waals surface area contributed by atoms with E-state index >= 15 is 0 Å². The number of nitrogens with zero attached hydrogens (tertiary/aromatic N) is 3. The predicted octanol–water partition coefficient (Wildman–Crippen LogP) is 4.95. The summed E-state index contributed by atoms with van der Waals surface area (Å²) in [5, 5.41) is 4.16. The van der Waals surface area contributed by atoms with Crippen molar-refractivity contribution in [3.63, 3.8) is 0 Å². The van der Waals surface area contributed by atoms with Crippen molar-refractivity contribution in [2.45, 2.75) is 52.0 Å². The summed E-state index contributed by atoms with van der Waals surface area (Å²) in [5.74, 6) is 1.89. The van der Waals surface area contributed by atoms with Crippen LogP contribution in [0.2, 0.25) is 0 Å². The molecular formula is C25H29N3O3. The van der Waals surface area contributed by atoms with Gasteiger partial charge in [0.05, 0.1) is 12.5 Å². The van der Waals surface area contributed by atoms with Gasteiger partial charge in [0.1, 0.15) is 5.75 Å². The average molecular weight is 420 g/mol. The van der Waals surface area contributed by atoms with E-state index in [0.29, 0.717) is 37.8 Å². The number of likely N-dealkylation sites (tertiary alicyclic amines) is 1. The van der Waals surface area contributed by atoms with Gasteiger partial charge in [0, 0.05) is 30.6 Å². The molecule has 1 saturated heterocycles. The van der Waals surface area contributed by atoms with E-state index in [1.807, 2.05) is 48.2 Å². The van der Waals surface area contributed by atoms with Gasteiger partial charge in [-0.25, -0.2) is 0 Å². The first-order valence-corrected chi connectivity index (χ1v) is 10.8. The molecule has 0 bridgehead atoms. The first kappa shape index (κ1) is 21.1. The molecule has 1 aliphatic rings. The number of hydrogen-bond donors (Lipinski definition) is 0. The number of carbonyl (C=O) groups excluding carboxylic acids is 1. The van der Waals surface area contributed by atoms with Gasteiger partial charge in [0.2, 0.25) is 17.6 Å². The number of para-hydroxylation sites is 1. The van der Waals surface area contributed by atoms with E-state index in [9.17, 15) is 4.79 Å². The molecule has 1 amide bonds. The molecule has 1 aromatic heterocycles. The summed E-state index contributed by atoms with van der Waals surface area (Å²) in [4.78, 5) is 19.1. The fourth-order valence-corrected chi connectivity index (χ4v) is 3.86. The normalized spacial score (nSPS) is 16.7. The van der Waals surface area contributed by atoms with E-state index < -0.39 is 0 Å². The monoisotopic (exact) mass is 419 g/mol. The molecule has 1 atom stereocenters. The van der Waals surface area contributed by atoms with Gasteiger partial charge in [-0.1, -0.05) is 68.4 Å². The Labute approximate surface area is 183 Å². The molecule has 1 aliphatic heterocycles. The third-order valence-corrected chi connectivity index (χ3v) is 5.65. The van der Waals surface area contributed by atoms with Crippen LogP contribution < -0.4 is 4.74 Å². The Balaban J connectivity index is 1.46. The van der Waals surface area contributed by atoms with Crippen molar-refractivity contribution in [3.05, 3.63) is 65.5 Å². The zero-order valence-electron chi connectivity index (χ0n) is 18.6. The van der Waals surface area contributed by atoms with Crippen molar-refractivity contribution in [2.75, 3.05) is 13.2 Å². The minimum atomic E-state index is -0.0955. The second-order valence-electron chi connectivity index (χ2n) is 9.00. The van der Waals surface area contributed by atoms with Crippen molar-refractivity contribution in [2.24, 2.45) is 0 Å². The average Bonchev–Trinajstić information content (AvgIpc) is 3.36. The number of benzene rings is 2. The maximum atomic E-state index is 12.6. The molecule has 0 radical (unpaired) electrons. The quantitative estimate of drug-likeness (QED) is 0.565. The molecule has 0 aliphatic carbocycles. The van der Waals surface area contributed by atoms with Crippen LogP contribution in [0.15, 0.2) is 53.1 Å². The minimum Gasteiger partial charge on any atom is -0.494 e. The lowest BCUT2D eigenvalue weighted by atomic mass is 9.87. The van der Waals surface area contributed by atoms with Gasteiger partial charge in [-0.15, -0.1) is 0 Å². The van der Waals surface area contributed by atoms with Gasteiger partial charge in [-0.3, -0.25) is 4.79 Å². The summed E-state index contributed by atoms with van der Waals surface area (Å²) in [7, 11) is 0. The highest BCUT2D eigenvalue weighted by Crippen LogP contribution is 2.31. The van der Waals surface area contributed by atoms with Crippen LogP contribution in [0.4, 0.5) is 0 Å². The molecule has 0 spiro atoms. The lowest BCUT2D eigenvalue weighted by molar-refractivity contribution is -0.128. The Morgan fingerprint density at radius 2 is 1.87 bits per heavy atom. The standard InChI is InChI=1S/C25H29N3O3/c1-5-30-21-9-7-6-8-18(21)15-28-16-19(14-22(28)29)24-26-23(27-31-24)17-10-12-20(13-11-17)25(2,3)4/h6-13,19H,5,14-16H2,1-4H3. The second-order valence-corrected chi connectivity index (χ2v) is 9.00. The van der Waals surface area contributed by atoms with E-state index in [0.717, 1.165) is 16.9 Å². The Hall–Kier alpha value is -3.15. The molecule has 3 aromatic rings. The summed E-state index contributed by atoms with van der Waals surface area (Å²) in [6, 6.07) is 16.1. The van der Waals surface area contributed by atoms with Crippen molar-refractivity contribution in [1.29, 1.82) is 0 Å². The number of rotatable bonds is 6. The Morgan fingerprint density at radius 3 is 2.58 bits per heavy atom. The smallest absolute Gasteiger partial charge is 0.232 e. The van der Waals surface area contributed by atoms with Crippen LogP contribution in [0.25, 0.3) is 11.4 Å². The zero-order valence-corrected chi connectivity index (χ0v) is 18.6. The topological polar surface area (TPSA) is 68.5 Å². The van der Waals surface area contributed by atoms with Gasteiger partial charge < -0.3 is 14.2 Å². The highest BCUT2D eigenvalue weighted by molar-refractivity contribution is 5.79. The van der Waals surface area contributed by atoms with E-state index in [-0.39, 0.29) is 17.2 Å². The van der Waals surface area contributed by atoms with Crippen molar-refractivity contribution >= 4 is 5.91 Å². The van der Waals surface area contributed by atoms with E-state index in [4.69, 9.17) is 9.26 Å². The molecule has 6 nitrogen and oxygen atoms in total. The van der Waals surface area contributed by atoms with Crippen LogP contribution in [0.3, 0.4) is 0 Å². The molecule has 0 N–H and O–H groups in total. The van der Waals surface area contributed by atoms with E-state index in [1.165, 1.54) is 5.56 Å². The summed E-state index contributed by atoms with van der Waals surface area (Å²) in [6.07, 6.45) is 0.376. The van der Waals surface area contributed by atoms with Crippen molar-refractivity contribution in [3.8, 4) is 17.1 Å². The summed E-state index contributed by atoms with van der Waals surface area (Å²) in [6.45, 7) is 10.2. The molecule has 0 saturated carbocycles. The van der Waals surface area contributed by atoms with Gasteiger partial charge >= 0.3 is 0 Å². The summed E-state index contributed by atoms with van der Waals surface area (Å²) >= 11 is 0. The fraction of sp³-hybridized carbons (Fsp3) is 0.400. The van der Waals surface area contributed by atoms with Crippen LogP contribution in [-0.4, -0.2) is 34.1 Å². The predicted molar refractivity (Wildman–Crippen MR) is 119 cm³/mol. The number of carbonyl (C=O) groups is 1. The highest BCUT2D eigenvalue weighted by Gasteiger charge is 2.34. The Bertz CT molecular complexity index is 1050. The first-order chi connectivity index (χ1) is 14.8. The molecule has 2 heterocycles. The lowest BCUT2D eigenvalue weighted by Crippen LogP contribution is -2.24. The van der Waals surface area contributed by atoms with Crippen molar-refractivity contribution in [1.82, 2.24) is 15.0 Å². The molecule has 1 unspecified atom stereocenters. The Kier molecular flexibility index (Phi) is 5.81. The molecule has 162 valence electrons. The number of hydrogen-bond acceptors (Lipinski definition) is 5. The van der Waals surface area contributed by atoms with Crippen molar-refractivity contribution < 1.29 is 14.1 Å². The highest BCUT2D eigenvalue weighted by atomic mass is 16.5. The summed E-state index contributed by atoms with van der Waals surface area (Å²) in [5.41, 5.74) is 3.26. The number of ether oxygens (including phenoxy) is 1. The minimum absolute atomic E-state index is 0.0885. The maximum Gasteiger partial charge on any atom is 0.232 e. The first-order valence-electron chi connectivity index (χ1n) is 10.8. The molecule has 1 fully saturated rings. The largest absolute Gasteiger partial charge is 0.494 e. The third-order valence-electron chi connectivity index (χ3n) is 5.65. The number of amides is 1. The fourth-order valence-electron chi connectivity index (χ4n) is 3.86. The van der Waals surface area contributed by atoms with Gasteiger partial charge in [-0.2, -0.15) is 4.98 Å². The van der Waals surface area contributed by atoms with Crippen LogP contribution in [0.5, 0.6) is 5.75 Å². The van der Waals surface area contributed by atoms with E-state index in [2.05, 4.69) is 43.0 Å². The van der Waals surface area contributed by atoms with Crippen LogP contribution >= 0.6 is 0 Å².